The number of likely N-dealkylation sites (tertiary alicyclic amines) is 2. The minimum Gasteiger partial charge on any atom is -0.340 e. The van der Waals surface area contributed by atoms with Gasteiger partial charge in [0.1, 0.15) is 0 Å². The van der Waals surface area contributed by atoms with Gasteiger partial charge in [-0.15, -0.1) is 0 Å². The van der Waals surface area contributed by atoms with Crippen molar-refractivity contribution in [1.29, 1.82) is 0 Å². The summed E-state index contributed by atoms with van der Waals surface area (Å²) in [7, 11) is 0. The molecule has 2 heterocycles. The number of nitrogens with two attached hydrogens (primary N) is 1. The molecule has 6 heteroatoms. The summed E-state index contributed by atoms with van der Waals surface area (Å²) >= 11 is 0. The predicted octanol–water partition coefficient (Wildman–Crippen LogP) is -1.59. The van der Waals surface area contributed by atoms with Crippen molar-refractivity contribution in [3.05, 3.63) is 0 Å². The second-order valence-corrected chi connectivity index (χ2v) is 4.14. The van der Waals surface area contributed by atoms with E-state index in [0.29, 0.717) is 19.6 Å². The zero-order valence-corrected chi connectivity index (χ0v) is 9.18. The van der Waals surface area contributed by atoms with Crippen molar-refractivity contribution in [2.75, 3.05) is 26.2 Å². The van der Waals surface area contributed by atoms with Gasteiger partial charge < -0.3 is 10.6 Å². The molecule has 0 aliphatic carbocycles. The van der Waals surface area contributed by atoms with Crippen LogP contribution in [0, 0.1) is 11.8 Å². The highest BCUT2D eigenvalue weighted by Crippen LogP contribution is 2.32. The van der Waals surface area contributed by atoms with Crippen LogP contribution < -0.4 is 5.73 Å². The van der Waals surface area contributed by atoms with Gasteiger partial charge in [0.2, 0.25) is 17.7 Å². The van der Waals surface area contributed by atoms with E-state index in [1.165, 1.54) is 9.80 Å². The molecule has 3 amide bonds. The van der Waals surface area contributed by atoms with Crippen LogP contribution >= 0.6 is 0 Å². The molecule has 2 saturated heterocycles. The highest BCUT2D eigenvalue weighted by Gasteiger charge is 2.52. The lowest BCUT2D eigenvalue weighted by atomic mass is 10.00. The molecule has 16 heavy (non-hydrogen) atoms. The van der Waals surface area contributed by atoms with Crippen molar-refractivity contribution in [3.63, 3.8) is 0 Å². The van der Waals surface area contributed by atoms with Gasteiger partial charge in [-0.1, -0.05) is 0 Å². The Morgan fingerprint density at radius 1 is 1.31 bits per heavy atom. The molecule has 2 rings (SSSR count). The smallest absolute Gasteiger partial charge is 0.236 e. The number of nitrogens with zero attached hydrogens (tertiary/aromatic N) is 2. The first-order valence-corrected chi connectivity index (χ1v) is 5.43. The van der Waals surface area contributed by atoms with Crippen molar-refractivity contribution in [2.45, 2.75) is 6.92 Å². The van der Waals surface area contributed by atoms with Crippen LogP contribution in [-0.4, -0.2) is 53.7 Å². The number of fused-ring (bicyclic) bond motifs is 1. The fraction of sp³-hybridized carbons (Fsp3) is 0.700. The Labute approximate surface area is 93.4 Å². The average molecular weight is 225 g/mol. The van der Waals surface area contributed by atoms with Crippen molar-refractivity contribution in [1.82, 2.24) is 9.80 Å². The van der Waals surface area contributed by atoms with Crippen LogP contribution in [0.1, 0.15) is 6.92 Å². The first kappa shape index (κ1) is 11.1. The number of rotatable bonds is 2. The molecular weight excluding hydrogens is 210 g/mol. The third kappa shape index (κ3) is 1.41. The minimum atomic E-state index is -0.344. The summed E-state index contributed by atoms with van der Waals surface area (Å²) in [5.74, 6) is -1.18. The molecule has 2 unspecified atom stereocenters. The van der Waals surface area contributed by atoms with E-state index in [-0.39, 0.29) is 36.1 Å². The van der Waals surface area contributed by atoms with E-state index in [0.717, 1.165) is 0 Å². The Kier molecular flexibility index (Phi) is 2.67. The Bertz CT molecular complexity index is 331. The lowest BCUT2D eigenvalue weighted by Gasteiger charge is -2.19. The van der Waals surface area contributed by atoms with Crippen LogP contribution in [-0.2, 0) is 14.4 Å². The van der Waals surface area contributed by atoms with E-state index in [1.54, 1.807) is 6.92 Å². The summed E-state index contributed by atoms with van der Waals surface area (Å²) in [6.45, 7) is 2.79. The second-order valence-electron chi connectivity index (χ2n) is 4.14. The minimum absolute atomic E-state index is 0.0701. The number of hydrogen-bond donors (Lipinski definition) is 1. The third-order valence-corrected chi connectivity index (χ3v) is 3.33. The molecule has 0 aromatic rings. The largest absolute Gasteiger partial charge is 0.340 e. The lowest BCUT2D eigenvalue weighted by Crippen LogP contribution is -2.40. The standard InChI is InChI=1S/C10H15N3O3/c1-2-13-9(15)6-4-12(8(14)3-11)5-7(6)10(13)16/h6-7H,2-5,11H2,1H3. The van der Waals surface area contributed by atoms with Crippen LogP contribution in [0.5, 0.6) is 0 Å². The van der Waals surface area contributed by atoms with Crippen LogP contribution in [0.15, 0.2) is 0 Å². The maximum Gasteiger partial charge on any atom is 0.236 e. The molecular formula is C10H15N3O3. The Morgan fingerprint density at radius 3 is 2.19 bits per heavy atom. The number of amides is 3. The summed E-state index contributed by atoms with van der Waals surface area (Å²) in [6, 6.07) is 0. The molecule has 0 spiro atoms. The number of hydrogen-bond acceptors (Lipinski definition) is 4. The zero-order valence-electron chi connectivity index (χ0n) is 9.18. The van der Waals surface area contributed by atoms with E-state index in [1.807, 2.05) is 0 Å². The van der Waals surface area contributed by atoms with Crippen LogP contribution in [0.25, 0.3) is 0 Å². The maximum atomic E-state index is 11.8. The van der Waals surface area contributed by atoms with Gasteiger partial charge in [-0.2, -0.15) is 0 Å². The fourth-order valence-electron chi connectivity index (χ4n) is 2.46. The molecule has 2 N–H and O–H groups in total. The quantitative estimate of drug-likeness (QED) is 0.574. The van der Waals surface area contributed by atoms with Crippen molar-refractivity contribution < 1.29 is 14.4 Å². The van der Waals surface area contributed by atoms with Gasteiger partial charge in [0.05, 0.1) is 18.4 Å². The molecule has 0 bridgehead atoms. The summed E-state index contributed by atoms with van der Waals surface area (Å²) in [4.78, 5) is 37.8. The molecule has 2 aliphatic rings. The van der Waals surface area contributed by atoms with Gasteiger partial charge in [0.25, 0.3) is 0 Å². The van der Waals surface area contributed by atoms with E-state index in [4.69, 9.17) is 5.73 Å². The fourth-order valence-corrected chi connectivity index (χ4v) is 2.46. The SMILES string of the molecule is CCN1C(=O)C2CN(C(=O)CN)CC2C1=O. The van der Waals surface area contributed by atoms with E-state index in [9.17, 15) is 14.4 Å². The lowest BCUT2D eigenvalue weighted by molar-refractivity contribution is -0.140. The van der Waals surface area contributed by atoms with Crippen LogP contribution in [0.3, 0.4) is 0 Å². The molecule has 2 fully saturated rings. The van der Waals surface area contributed by atoms with Gasteiger partial charge in [-0.3, -0.25) is 19.3 Å². The van der Waals surface area contributed by atoms with Crippen molar-refractivity contribution >= 4 is 17.7 Å². The molecule has 6 nitrogen and oxygen atoms in total. The highest BCUT2D eigenvalue weighted by atomic mass is 16.2. The summed E-state index contributed by atoms with van der Waals surface area (Å²) < 4.78 is 0. The summed E-state index contributed by atoms with van der Waals surface area (Å²) in [5, 5.41) is 0. The number of carbonyl (C=O) groups is 3. The third-order valence-electron chi connectivity index (χ3n) is 3.33. The van der Waals surface area contributed by atoms with Crippen LogP contribution in [0.2, 0.25) is 0 Å². The Hall–Kier alpha value is -1.43. The van der Waals surface area contributed by atoms with Gasteiger partial charge in [-0.05, 0) is 6.92 Å². The predicted molar refractivity (Wildman–Crippen MR) is 55.0 cm³/mol. The van der Waals surface area contributed by atoms with Crippen molar-refractivity contribution in [2.24, 2.45) is 17.6 Å². The van der Waals surface area contributed by atoms with Gasteiger partial charge >= 0.3 is 0 Å². The van der Waals surface area contributed by atoms with Crippen LogP contribution in [0.4, 0.5) is 0 Å². The Morgan fingerprint density at radius 2 is 1.81 bits per heavy atom. The number of imide groups is 1. The first-order chi connectivity index (χ1) is 7.60. The van der Waals surface area contributed by atoms with E-state index in [2.05, 4.69) is 0 Å². The van der Waals surface area contributed by atoms with E-state index < -0.39 is 0 Å². The topological polar surface area (TPSA) is 83.7 Å². The molecule has 0 aromatic heterocycles. The molecule has 0 radical (unpaired) electrons. The Balaban J connectivity index is 2.14. The van der Waals surface area contributed by atoms with Gasteiger partial charge in [0, 0.05) is 19.6 Å². The van der Waals surface area contributed by atoms with Gasteiger partial charge in [0.15, 0.2) is 0 Å². The maximum absolute atomic E-state index is 11.8. The van der Waals surface area contributed by atoms with Gasteiger partial charge in [-0.25, -0.2) is 0 Å². The summed E-state index contributed by atoms with van der Waals surface area (Å²) in [6.07, 6.45) is 0. The monoisotopic (exact) mass is 225 g/mol. The molecule has 0 aromatic carbocycles. The van der Waals surface area contributed by atoms with Crippen molar-refractivity contribution in [3.8, 4) is 0 Å². The number of carbonyl (C=O) groups excluding carboxylic acids is 3. The highest BCUT2D eigenvalue weighted by molar-refractivity contribution is 6.06. The second kappa shape index (κ2) is 3.86. The normalized spacial score (nSPS) is 28.9. The first-order valence-electron chi connectivity index (χ1n) is 5.43. The zero-order chi connectivity index (χ0) is 11.9. The average Bonchev–Trinajstić information content (AvgIpc) is 2.80. The molecule has 0 saturated carbocycles. The molecule has 2 atom stereocenters. The molecule has 88 valence electrons. The molecule has 2 aliphatic heterocycles. The summed E-state index contributed by atoms with van der Waals surface area (Å²) in [5.41, 5.74) is 5.25. The van der Waals surface area contributed by atoms with E-state index >= 15 is 0 Å².